The number of hydrogen-bond donors (Lipinski definition) is 2. The predicted molar refractivity (Wildman–Crippen MR) is 64.7 cm³/mol. The molecule has 0 radical (unpaired) electrons. The highest BCUT2D eigenvalue weighted by Crippen LogP contribution is 2.38. The number of nitrogens with one attached hydrogen (secondary N) is 1. The van der Waals surface area contributed by atoms with Gasteiger partial charge >= 0.3 is 5.97 Å². The van der Waals surface area contributed by atoms with Gasteiger partial charge in [-0.25, -0.2) is 0 Å². The van der Waals surface area contributed by atoms with E-state index >= 15 is 0 Å². The van der Waals surface area contributed by atoms with Crippen LogP contribution >= 0.6 is 0 Å². The van der Waals surface area contributed by atoms with Gasteiger partial charge in [0.15, 0.2) is 0 Å². The Bertz CT molecular complexity index is 283. The van der Waals surface area contributed by atoms with Crippen LogP contribution in [0.3, 0.4) is 0 Å². The van der Waals surface area contributed by atoms with E-state index in [1.165, 1.54) is 0 Å². The summed E-state index contributed by atoms with van der Waals surface area (Å²) in [6.07, 6.45) is 3.45. The summed E-state index contributed by atoms with van der Waals surface area (Å²) < 4.78 is 0. The van der Waals surface area contributed by atoms with Crippen LogP contribution in [0, 0.1) is 5.41 Å². The minimum absolute atomic E-state index is 0.304. The van der Waals surface area contributed by atoms with E-state index in [1.54, 1.807) is 0 Å². The number of carboxylic acids is 1. The summed E-state index contributed by atoms with van der Waals surface area (Å²) in [5.74, 6) is -1.28. The first-order valence-corrected chi connectivity index (χ1v) is 6.15. The number of rotatable bonds is 6. The highest BCUT2D eigenvalue weighted by molar-refractivity contribution is 6.02. The molecule has 1 saturated carbocycles. The average Bonchev–Trinajstić information content (AvgIpc) is 2.74. The fourth-order valence-electron chi connectivity index (χ4n) is 2.28. The fraction of sp³-hybridized carbons (Fsp3) is 0.833. The second-order valence-corrected chi connectivity index (χ2v) is 5.01. The number of aliphatic carboxylic acids is 1. The van der Waals surface area contributed by atoms with E-state index in [2.05, 4.69) is 5.32 Å². The van der Waals surface area contributed by atoms with E-state index in [0.29, 0.717) is 19.4 Å². The van der Waals surface area contributed by atoms with Crippen molar-refractivity contribution in [1.82, 2.24) is 10.2 Å². The smallest absolute Gasteiger partial charge is 0.319 e. The van der Waals surface area contributed by atoms with Gasteiger partial charge in [0.05, 0.1) is 0 Å². The Hall–Kier alpha value is -1.10. The lowest BCUT2D eigenvalue weighted by Crippen LogP contribution is -2.45. The van der Waals surface area contributed by atoms with Crippen LogP contribution in [-0.2, 0) is 9.59 Å². The van der Waals surface area contributed by atoms with Gasteiger partial charge < -0.3 is 15.3 Å². The van der Waals surface area contributed by atoms with Crippen molar-refractivity contribution in [1.29, 1.82) is 0 Å². The Morgan fingerprint density at radius 3 is 2.35 bits per heavy atom. The minimum atomic E-state index is -1.15. The molecule has 0 aliphatic heterocycles. The van der Waals surface area contributed by atoms with Crippen LogP contribution in [-0.4, -0.2) is 49.1 Å². The lowest BCUT2D eigenvalue weighted by Gasteiger charge is -2.22. The third-order valence-corrected chi connectivity index (χ3v) is 3.37. The Kier molecular flexibility index (Phi) is 4.93. The largest absolute Gasteiger partial charge is 0.480 e. The number of amides is 1. The third kappa shape index (κ3) is 3.43. The Labute approximate surface area is 102 Å². The Morgan fingerprint density at radius 1 is 1.29 bits per heavy atom. The molecule has 5 heteroatoms. The van der Waals surface area contributed by atoms with Gasteiger partial charge in [0, 0.05) is 6.54 Å². The van der Waals surface area contributed by atoms with Crippen molar-refractivity contribution in [2.45, 2.75) is 32.1 Å². The van der Waals surface area contributed by atoms with Gasteiger partial charge in [-0.05, 0) is 39.9 Å². The van der Waals surface area contributed by atoms with Crippen molar-refractivity contribution < 1.29 is 14.7 Å². The van der Waals surface area contributed by atoms with E-state index in [0.717, 1.165) is 25.8 Å². The molecule has 98 valence electrons. The second kappa shape index (κ2) is 6.00. The molecule has 1 fully saturated rings. The topological polar surface area (TPSA) is 69.6 Å². The molecule has 0 bridgehead atoms. The maximum absolute atomic E-state index is 11.9. The van der Waals surface area contributed by atoms with Crippen molar-refractivity contribution >= 4 is 11.9 Å². The highest BCUT2D eigenvalue weighted by atomic mass is 16.4. The molecule has 1 aliphatic carbocycles. The zero-order valence-electron chi connectivity index (χ0n) is 10.7. The molecule has 1 amide bonds. The number of carbonyl (C=O) groups is 2. The van der Waals surface area contributed by atoms with Crippen LogP contribution in [0.4, 0.5) is 0 Å². The molecule has 0 saturated heterocycles. The lowest BCUT2D eigenvalue weighted by atomic mass is 9.85. The van der Waals surface area contributed by atoms with Crippen LogP contribution in [0.15, 0.2) is 0 Å². The first-order valence-electron chi connectivity index (χ1n) is 6.15. The van der Waals surface area contributed by atoms with E-state index in [1.807, 2.05) is 19.0 Å². The van der Waals surface area contributed by atoms with Crippen molar-refractivity contribution in [2.24, 2.45) is 5.41 Å². The van der Waals surface area contributed by atoms with E-state index in [9.17, 15) is 14.7 Å². The van der Waals surface area contributed by atoms with Gasteiger partial charge in [-0.1, -0.05) is 12.8 Å². The molecular formula is C12H22N2O3. The molecule has 17 heavy (non-hydrogen) atoms. The SMILES string of the molecule is CN(C)CCCNC(=O)C1(C(=O)O)CCCC1. The van der Waals surface area contributed by atoms with Crippen LogP contribution < -0.4 is 5.32 Å². The van der Waals surface area contributed by atoms with Crippen molar-refractivity contribution in [3.05, 3.63) is 0 Å². The van der Waals surface area contributed by atoms with Crippen LogP contribution in [0.2, 0.25) is 0 Å². The van der Waals surface area contributed by atoms with Gasteiger partial charge in [0.2, 0.25) is 5.91 Å². The zero-order chi connectivity index (χ0) is 12.9. The third-order valence-electron chi connectivity index (χ3n) is 3.37. The van der Waals surface area contributed by atoms with Gasteiger partial charge in [-0.15, -0.1) is 0 Å². The molecular weight excluding hydrogens is 220 g/mol. The van der Waals surface area contributed by atoms with E-state index in [-0.39, 0.29) is 5.91 Å². The summed E-state index contributed by atoms with van der Waals surface area (Å²) in [6, 6.07) is 0. The number of hydrogen-bond acceptors (Lipinski definition) is 3. The Morgan fingerprint density at radius 2 is 1.88 bits per heavy atom. The van der Waals surface area contributed by atoms with Crippen LogP contribution in [0.1, 0.15) is 32.1 Å². The number of carboxylic acid groups (broad SMARTS) is 1. The molecule has 1 rings (SSSR count). The monoisotopic (exact) mass is 242 g/mol. The maximum atomic E-state index is 11.9. The zero-order valence-corrected chi connectivity index (χ0v) is 10.7. The van der Waals surface area contributed by atoms with E-state index < -0.39 is 11.4 Å². The Balaban J connectivity index is 2.42. The van der Waals surface area contributed by atoms with Crippen LogP contribution in [0.25, 0.3) is 0 Å². The first kappa shape index (κ1) is 14.0. The molecule has 0 aromatic rings. The molecule has 0 aromatic heterocycles. The summed E-state index contributed by atoms with van der Waals surface area (Å²) in [4.78, 5) is 25.2. The molecule has 0 spiro atoms. The number of nitrogens with zero attached hydrogens (tertiary/aromatic N) is 1. The minimum Gasteiger partial charge on any atom is -0.480 e. The summed E-state index contributed by atoms with van der Waals surface area (Å²) in [5.41, 5.74) is -1.15. The molecule has 2 N–H and O–H groups in total. The maximum Gasteiger partial charge on any atom is 0.319 e. The van der Waals surface area contributed by atoms with Crippen molar-refractivity contribution in [3.8, 4) is 0 Å². The summed E-state index contributed by atoms with van der Waals surface area (Å²) in [5, 5.41) is 12.0. The van der Waals surface area contributed by atoms with Gasteiger partial charge in [-0.3, -0.25) is 9.59 Å². The van der Waals surface area contributed by atoms with Crippen LogP contribution in [0.5, 0.6) is 0 Å². The quantitative estimate of drug-likeness (QED) is 0.531. The second-order valence-electron chi connectivity index (χ2n) is 5.01. The summed E-state index contributed by atoms with van der Waals surface area (Å²) >= 11 is 0. The first-order chi connectivity index (χ1) is 7.99. The average molecular weight is 242 g/mol. The molecule has 0 atom stereocenters. The van der Waals surface area contributed by atoms with Gasteiger partial charge in [0.1, 0.15) is 5.41 Å². The normalized spacial score (nSPS) is 18.3. The molecule has 0 aromatic carbocycles. The molecule has 0 unspecified atom stereocenters. The van der Waals surface area contributed by atoms with Crippen molar-refractivity contribution in [3.63, 3.8) is 0 Å². The molecule has 5 nitrogen and oxygen atoms in total. The fourth-order valence-corrected chi connectivity index (χ4v) is 2.28. The predicted octanol–water partition coefficient (Wildman–Crippen LogP) is 0.699. The molecule has 0 heterocycles. The summed E-state index contributed by atoms with van der Waals surface area (Å²) in [6.45, 7) is 1.44. The van der Waals surface area contributed by atoms with Gasteiger partial charge in [0.25, 0.3) is 0 Å². The highest BCUT2D eigenvalue weighted by Gasteiger charge is 2.47. The number of carbonyl (C=O) groups excluding carboxylic acids is 1. The van der Waals surface area contributed by atoms with Gasteiger partial charge in [-0.2, -0.15) is 0 Å². The standard InChI is InChI=1S/C12H22N2O3/c1-14(2)9-5-8-13-10(15)12(11(16)17)6-3-4-7-12/h3-9H2,1-2H3,(H,13,15)(H,16,17). The van der Waals surface area contributed by atoms with Crippen molar-refractivity contribution in [2.75, 3.05) is 27.2 Å². The lowest BCUT2D eigenvalue weighted by molar-refractivity contribution is -0.155. The summed E-state index contributed by atoms with van der Waals surface area (Å²) in [7, 11) is 3.94. The molecule has 1 aliphatic rings. The van der Waals surface area contributed by atoms with E-state index in [4.69, 9.17) is 0 Å².